The molecule has 1 heterocycles. The number of urea groups is 1. The minimum Gasteiger partial charge on any atom is -0.495 e. The molecule has 0 unspecified atom stereocenters. The van der Waals surface area contributed by atoms with E-state index < -0.39 is 18.0 Å². The van der Waals surface area contributed by atoms with Crippen LogP contribution in [-0.4, -0.2) is 29.2 Å². The highest BCUT2D eigenvalue weighted by molar-refractivity contribution is 5.90. The van der Waals surface area contributed by atoms with Crippen LogP contribution in [0.2, 0.25) is 0 Å². The molecular weight excluding hydrogens is 361 g/mol. The second-order valence-corrected chi connectivity index (χ2v) is 5.65. The van der Waals surface area contributed by atoms with Crippen molar-refractivity contribution in [3.8, 4) is 5.75 Å². The Kier molecular flexibility index (Phi) is 5.20. The molecule has 0 saturated carbocycles. The number of methoxy groups -OCH3 is 1. The molecule has 2 amide bonds. The number of carbonyl (C=O) groups excluding carboxylic acids is 1. The molecule has 0 atom stereocenters. The number of hydrogen-bond acceptors (Lipinski definition) is 3. The molecule has 3 aromatic rings. The molecule has 0 spiro atoms. The van der Waals surface area contributed by atoms with E-state index in [0.717, 1.165) is 4.57 Å². The zero-order chi connectivity index (χ0) is 19.4. The Morgan fingerprint density at radius 2 is 1.85 bits per heavy atom. The van der Waals surface area contributed by atoms with E-state index in [1.807, 2.05) is 0 Å². The molecule has 1 aromatic heterocycles. The molecule has 2 N–H and O–H groups in total. The van der Waals surface area contributed by atoms with Crippen molar-refractivity contribution < 1.29 is 22.7 Å². The first-order valence-corrected chi connectivity index (χ1v) is 8.10. The lowest BCUT2D eigenvalue weighted by atomic mass is 10.3. The number of carbonyl (C=O) groups is 1. The Labute approximate surface area is 153 Å². The zero-order valence-corrected chi connectivity index (χ0v) is 14.4. The monoisotopic (exact) mass is 378 g/mol. The highest BCUT2D eigenvalue weighted by Crippen LogP contribution is 2.31. The first-order chi connectivity index (χ1) is 12.9. The molecule has 0 radical (unpaired) electrons. The molecule has 0 saturated heterocycles. The van der Waals surface area contributed by atoms with Crippen LogP contribution in [-0.2, 0) is 12.7 Å². The van der Waals surface area contributed by atoms with E-state index in [0.29, 0.717) is 17.0 Å². The van der Waals surface area contributed by atoms with Gasteiger partial charge in [-0.05, 0) is 24.3 Å². The van der Waals surface area contributed by atoms with Gasteiger partial charge in [0, 0.05) is 13.1 Å². The Bertz CT molecular complexity index is 953. The number of halogens is 3. The van der Waals surface area contributed by atoms with Gasteiger partial charge in [0.25, 0.3) is 0 Å². The van der Waals surface area contributed by atoms with Crippen molar-refractivity contribution in [2.75, 3.05) is 19.0 Å². The number of nitrogens with zero attached hydrogens (tertiary/aromatic N) is 2. The van der Waals surface area contributed by atoms with E-state index in [1.54, 1.807) is 42.5 Å². The van der Waals surface area contributed by atoms with Crippen LogP contribution in [0.5, 0.6) is 5.75 Å². The first kappa shape index (κ1) is 18.6. The van der Waals surface area contributed by atoms with Gasteiger partial charge in [-0.3, -0.25) is 0 Å². The lowest BCUT2D eigenvalue weighted by molar-refractivity contribution is -0.146. The maximum atomic E-state index is 13.2. The van der Waals surface area contributed by atoms with Crippen molar-refractivity contribution >= 4 is 22.8 Å². The van der Waals surface area contributed by atoms with Crippen molar-refractivity contribution in [3.05, 3.63) is 54.4 Å². The number of nitrogens with one attached hydrogen (secondary N) is 2. The summed E-state index contributed by atoms with van der Waals surface area (Å²) in [7, 11) is 1.47. The van der Waals surface area contributed by atoms with Gasteiger partial charge in [-0.15, -0.1) is 0 Å². The van der Waals surface area contributed by atoms with Gasteiger partial charge in [-0.1, -0.05) is 24.3 Å². The number of amides is 2. The van der Waals surface area contributed by atoms with Crippen molar-refractivity contribution in [3.63, 3.8) is 0 Å². The van der Waals surface area contributed by atoms with E-state index in [1.165, 1.54) is 13.2 Å². The smallest absolute Gasteiger partial charge is 0.449 e. The summed E-state index contributed by atoms with van der Waals surface area (Å²) in [5, 5.41) is 5.14. The van der Waals surface area contributed by atoms with Crippen molar-refractivity contribution in [1.29, 1.82) is 0 Å². The second-order valence-electron chi connectivity index (χ2n) is 5.65. The van der Waals surface area contributed by atoms with Crippen molar-refractivity contribution in [1.82, 2.24) is 14.9 Å². The van der Waals surface area contributed by atoms with Gasteiger partial charge in [0.05, 0.1) is 23.8 Å². The van der Waals surface area contributed by atoms with Gasteiger partial charge in [-0.25, -0.2) is 9.78 Å². The SMILES string of the molecule is COc1ccccc1NC(=O)NCCn1c(C(F)(F)F)nc2ccccc21. The normalized spacial score (nSPS) is 11.4. The molecule has 27 heavy (non-hydrogen) atoms. The van der Waals surface area contributed by atoms with Crippen molar-refractivity contribution in [2.45, 2.75) is 12.7 Å². The van der Waals surface area contributed by atoms with E-state index >= 15 is 0 Å². The van der Waals surface area contributed by atoms with Crippen LogP contribution < -0.4 is 15.4 Å². The number of fused-ring (bicyclic) bond motifs is 1. The first-order valence-electron chi connectivity index (χ1n) is 8.10. The van der Waals surface area contributed by atoms with Crippen LogP contribution in [0.4, 0.5) is 23.7 Å². The molecule has 142 valence electrons. The number of imidazole rings is 1. The molecule has 2 aromatic carbocycles. The number of anilines is 1. The Morgan fingerprint density at radius 3 is 2.59 bits per heavy atom. The van der Waals surface area contributed by atoms with E-state index in [4.69, 9.17) is 4.74 Å². The Hall–Kier alpha value is -3.23. The van der Waals surface area contributed by atoms with Gasteiger partial charge < -0.3 is 19.9 Å². The molecule has 0 fully saturated rings. The average Bonchev–Trinajstić information content (AvgIpc) is 3.01. The van der Waals surface area contributed by atoms with Crippen LogP contribution in [0.15, 0.2) is 48.5 Å². The average molecular weight is 378 g/mol. The number of hydrogen-bond donors (Lipinski definition) is 2. The summed E-state index contributed by atoms with van der Waals surface area (Å²) in [6.07, 6.45) is -4.58. The molecular formula is C18H17F3N4O2. The summed E-state index contributed by atoms with van der Waals surface area (Å²) in [5.74, 6) is -0.511. The quantitative estimate of drug-likeness (QED) is 0.708. The number of aromatic nitrogens is 2. The number of para-hydroxylation sites is 4. The number of rotatable bonds is 5. The van der Waals surface area contributed by atoms with Crippen LogP contribution in [0, 0.1) is 0 Å². The van der Waals surface area contributed by atoms with E-state index in [2.05, 4.69) is 15.6 Å². The second kappa shape index (κ2) is 7.56. The summed E-state index contributed by atoms with van der Waals surface area (Å²) in [6.45, 7) is -0.0842. The van der Waals surface area contributed by atoms with Gasteiger partial charge in [0.2, 0.25) is 5.82 Å². The summed E-state index contributed by atoms with van der Waals surface area (Å²) < 4.78 is 45.9. The minimum atomic E-state index is -4.58. The summed E-state index contributed by atoms with van der Waals surface area (Å²) in [6, 6.07) is 12.6. The predicted molar refractivity (Wildman–Crippen MR) is 94.8 cm³/mol. The molecule has 9 heteroatoms. The fourth-order valence-electron chi connectivity index (χ4n) is 2.71. The molecule has 3 rings (SSSR count). The maximum absolute atomic E-state index is 13.2. The third-order valence-electron chi connectivity index (χ3n) is 3.88. The van der Waals surface area contributed by atoms with Crippen molar-refractivity contribution in [2.24, 2.45) is 0 Å². The van der Waals surface area contributed by atoms with E-state index in [9.17, 15) is 18.0 Å². The van der Waals surface area contributed by atoms with Gasteiger partial charge in [0.15, 0.2) is 0 Å². The lowest BCUT2D eigenvalue weighted by Crippen LogP contribution is -2.32. The number of ether oxygens (including phenoxy) is 1. The lowest BCUT2D eigenvalue weighted by Gasteiger charge is -2.13. The highest BCUT2D eigenvalue weighted by atomic mass is 19.4. The summed E-state index contributed by atoms with van der Waals surface area (Å²) in [4.78, 5) is 15.7. The third kappa shape index (κ3) is 4.13. The predicted octanol–water partition coefficient (Wildman–Crippen LogP) is 3.89. The standard InChI is InChI=1S/C18H17F3N4O2/c1-27-15-9-5-3-7-13(15)24-17(26)22-10-11-25-14-8-4-2-6-12(14)23-16(25)18(19,20)21/h2-9H,10-11H2,1H3,(H2,22,24,26). The summed E-state index contributed by atoms with van der Waals surface area (Å²) >= 11 is 0. The van der Waals surface area contributed by atoms with E-state index in [-0.39, 0.29) is 18.6 Å². The number of benzene rings is 2. The zero-order valence-electron chi connectivity index (χ0n) is 14.4. The highest BCUT2D eigenvalue weighted by Gasteiger charge is 2.37. The summed E-state index contributed by atoms with van der Waals surface area (Å²) in [5.41, 5.74) is 1.07. The molecule has 0 bridgehead atoms. The van der Waals surface area contributed by atoms with Crippen LogP contribution >= 0.6 is 0 Å². The Morgan fingerprint density at radius 1 is 1.15 bits per heavy atom. The van der Waals surface area contributed by atoms with Crippen LogP contribution in [0.1, 0.15) is 5.82 Å². The molecule has 0 aliphatic carbocycles. The number of alkyl halides is 3. The third-order valence-corrected chi connectivity index (χ3v) is 3.88. The largest absolute Gasteiger partial charge is 0.495 e. The maximum Gasteiger partial charge on any atom is 0.449 e. The fraction of sp³-hybridized carbons (Fsp3) is 0.222. The molecule has 6 nitrogen and oxygen atoms in total. The Balaban J connectivity index is 1.69. The molecule has 0 aliphatic heterocycles. The fourth-order valence-corrected chi connectivity index (χ4v) is 2.71. The van der Waals surface area contributed by atoms with Gasteiger partial charge >= 0.3 is 12.2 Å². The minimum absolute atomic E-state index is 0.00951. The van der Waals surface area contributed by atoms with Gasteiger partial charge in [0.1, 0.15) is 5.75 Å². The van der Waals surface area contributed by atoms with Gasteiger partial charge in [-0.2, -0.15) is 13.2 Å². The topological polar surface area (TPSA) is 68.2 Å². The van der Waals surface area contributed by atoms with Crippen LogP contribution in [0.3, 0.4) is 0 Å². The van der Waals surface area contributed by atoms with Crippen LogP contribution in [0.25, 0.3) is 11.0 Å². The molecule has 0 aliphatic rings.